The number of amides is 2. The summed E-state index contributed by atoms with van der Waals surface area (Å²) >= 11 is 0. The zero-order chi connectivity index (χ0) is 20.6. The van der Waals surface area contributed by atoms with Gasteiger partial charge in [-0.1, -0.05) is 12.1 Å². The van der Waals surface area contributed by atoms with E-state index in [1.54, 1.807) is 12.4 Å². The number of ether oxygens (including phenoxy) is 2. The lowest BCUT2D eigenvalue weighted by molar-refractivity contribution is 0.0497. The van der Waals surface area contributed by atoms with Gasteiger partial charge in [0.1, 0.15) is 5.75 Å². The van der Waals surface area contributed by atoms with E-state index in [0.29, 0.717) is 19.0 Å². The van der Waals surface area contributed by atoms with Crippen molar-refractivity contribution in [1.82, 2.24) is 14.8 Å². The van der Waals surface area contributed by atoms with E-state index in [1.807, 2.05) is 23.1 Å². The van der Waals surface area contributed by atoms with E-state index in [2.05, 4.69) is 33.4 Å². The van der Waals surface area contributed by atoms with Gasteiger partial charge in [0.2, 0.25) is 0 Å². The highest BCUT2D eigenvalue weighted by Gasteiger charge is 2.21. The number of hydrogen-bond acceptors (Lipinski definition) is 5. The van der Waals surface area contributed by atoms with Crippen molar-refractivity contribution in [2.24, 2.45) is 5.92 Å². The van der Waals surface area contributed by atoms with Crippen molar-refractivity contribution in [3.05, 3.63) is 54.4 Å². The Bertz CT molecular complexity index is 803. The lowest BCUT2D eigenvalue weighted by Crippen LogP contribution is -2.49. The Morgan fingerprint density at radius 2 is 1.97 bits per heavy atom. The first-order chi connectivity index (χ1) is 14.8. The van der Waals surface area contributed by atoms with Gasteiger partial charge in [-0.25, -0.2) is 4.79 Å². The maximum atomic E-state index is 12.4. The van der Waals surface area contributed by atoms with Crippen LogP contribution in [0.1, 0.15) is 18.4 Å². The molecule has 4 rings (SSSR count). The standard InChI is InChI=1S/C23H30N4O3/c28-23(25-21-4-2-8-24-16-21)27-11-9-26(10-12-27)17-20-3-1-5-22(15-20)30-18-19-6-13-29-14-7-19/h1-5,8,15-16,19H,6-7,9-14,17-18H2,(H,25,28). The quantitative estimate of drug-likeness (QED) is 0.792. The number of anilines is 1. The monoisotopic (exact) mass is 410 g/mol. The van der Waals surface area contributed by atoms with Crippen molar-refractivity contribution < 1.29 is 14.3 Å². The van der Waals surface area contributed by atoms with E-state index < -0.39 is 0 Å². The fourth-order valence-electron chi connectivity index (χ4n) is 3.87. The van der Waals surface area contributed by atoms with Crippen LogP contribution in [0.25, 0.3) is 0 Å². The molecular weight excluding hydrogens is 380 g/mol. The van der Waals surface area contributed by atoms with Gasteiger partial charge in [-0.2, -0.15) is 0 Å². The van der Waals surface area contributed by atoms with E-state index >= 15 is 0 Å². The predicted molar refractivity (Wildman–Crippen MR) is 116 cm³/mol. The molecule has 2 fully saturated rings. The highest BCUT2D eigenvalue weighted by molar-refractivity contribution is 5.89. The first-order valence-corrected chi connectivity index (χ1v) is 10.7. The molecule has 2 aromatic rings. The minimum atomic E-state index is -0.0637. The van der Waals surface area contributed by atoms with Crippen LogP contribution in [0.2, 0.25) is 0 Å². The zero-order valence-electron chi connectivity index (χ0n) is 17.3. The summed E-state index contributed by atoms with van der Waals surface area (Å²) in [5.74, 6) is 1.53. The maximum absolute atomic E-state index is 12.4. The maximum Gasteiger partial charge on any atom is 0.321 e. The first kappa shape index (κ1) is 20.6. The number of aromatic nitrogens is 1. The summed E-state index contributed by atoms with van der Waals surface area (Å²) in [5.41, 5.74) is 1.97. The third kappa shape index (κ3) is 5.93. The van der Waals surface area contributed by atoms with E-state index in [9.17, 15) is 4.79 Å². The summed E-state index contributed by atoms with van der Waals surface area (Å²) in [6.45, 7) is 6.46. The average Bonchev–Trinajstić information content (AvgIpc) is 2.80. The van der Waals surface area contributed by atoms with Crippen LogP contribution in [-0.2, 0) is 11.3 Å². The van der Waals surface area contributed by atoms with Crippen molar-refractivity contribution in [3.63, 3.8) is 0 Å². The Labute approximate surface area is 178 Å². The van der Waals surface area contributed by atoms with Crippen LogP contribution in [0.4, 0.5) is 10.5 Å². The van der Waals surface area contributed by atoms with Crippen molar-refractivity contribution in [3.8, 4) is 5.75 Å². The number of rotatable bonds is 6. The van der Waals surface area contributed by atoms with Crippen molar-refractivity contribution in [2.75, 3.05) is 51.3 Å². The summed E-state index contributed by atoms with van der Waals surface area (Å²) in [6, 6.07) is 12.0. The number of pyridine rings is 1. The van der Waals surface area contributed by atoms with Crippen molar-refractivity contribution in [1.29, 1.82) is 0 Å². The molecule has 2 amide bonds. The Morgan fingerprint density at radius 1 is 1.13 bits per heavy atom. The fourth-order valence-corrected chi connectivity index (χ4v) is 3.87. The SMILES string of the molecule is O=C(Nc1cccnc1)N1CCN(Cc2cccc(OCC3CCOCC3)c2)CC1. The number of hydrogen-bond donors (Lipinski definition) is 1. The lowest BCUT2D eigenvalue weighted by atomic mass is 10.0. The Balaban J connectivity index is 1.22. The fraction of sp³-hybridized carbons (Fsp3) is 0.478. The Kier molecular flexibility index (Phi) is 7.16. The third-order valence-electron chi connectivity index (χ3n) is 5.70. The van der Waals surface area contributed by atoms with Crippen LogP contribution in [-0.4, -0.2) is 66.8 Å². The molecule has 0 saturated carbocycles. The summed E-state index contributed by atoms with van der Waals surface area (Å²) in [4.78, 5) is 20.7. The molecule has 0 radical (unpaired) electrons. The number of benzene rings is 1. The summed E-state index contributed by atoms with van der Waals surface area (Å²) < 4.78 is 11.5. The van der Waals surface area contributed by atoms with E-state index in [-0.39, 0.29) is 6.03 Å². The Hall–Kier alpha value is -2.64. The van der Waals surface area contributed by atoms with Gasteiger partial charge in [-0.3, -0.25) is 9.88 Å². The predicted octanol–water partition coefficient (Wildman–Crippen LogP) is 3.24. The van der Waals surface area contributed by atoms with E-state index in [0.717, 1.165) is 63.7 Å². The topological polar surface area (TPSA) is 66.9 Å². The molecule has 2 aliphatic heterocycles. The molecule has 2 saturated heterocycles. The van der Waals surface area contributed by atoms with Gasteiger partial charge in [0.25, 0.3) is 0 Å². The number of piperazine rings is 1. The average molecular weight is 411 g/mol. The second-order valence-electron chi connectivity index (χ2n) is 7.95. The molecule has 160 valence electrons. The molecule has 0 bridgehead atoms. The molecule has 7 nitrogen and oxygen atoms in total. The molecule has 30 heavy (non-hydrogen) atoms. The molecule has 1 N–H and O–H groups in total. The number of nitrogens with one attached hydrogen (secondary N) is 1. The molecule has 0 spiro atoms. The summed E-state index contributed by atoms with van der Waals surface area (Å²) in [7, 11) is 0. The van der Waals surface area contributed by atoms with Crippen LogP contribution in [0.5, 0.6) is 5.75 Å². The third-order valence-corrected chi connectivity index (χ3v) is 5.70. The Morgan fingerprint density at radius 3 is 2.73 bits per heavy atom. The smallest absolute Gasteiger partial charge is 0.321 e. The van der Waals surface area contributed by atoms with Gasteiger partial charge in [-0.15, -0.1) is 0 Å². The van der Waals surface area contributed by atoms with Gasteiger partial charge in [-0.05, 0) is 48.6 Å². The second kappa shape index (κ2) is 10.4. The van der Waals surface area contributed by atoms with Gasteiger partial charge < -0.3 is 19.7 Å². The van der Waals surface area contributed by atoms with Gasteiger partial charge in [0.15, 0.2) is 0 Å². The lowest BCUT2D eigenvalue weighted by Gasteiger charge is -2.34. The highest BCUT2D eigenvalue weighted by Crippen LogP contribution is 2.20. The minimum absolute atomic E-state index is 0.0637. The van der Waals surface area contributed by atoms with E-state index in [4.69, 9.17) is 9.47 Å². The molecule has 2 aliphatic rings. The van der Waals surface area contributed by atoms with Gasteiger partial charge in [0, 0.05) is 52.1 Å². The molecule has 1 aromatic heterocycles. The van der Waals surface area contributed by atoms with Gasteiger partial charge in [0.05, 0.1) is 18.5 Å². The molecule has 0 atom stereocenters. The molecule has 3 heterocycles. The van der Waals surface area contributed by atoms with Crippen molar-refractivity contribution >= 4 is 11.7 Å². The van der Waals surface area contributed by atoms with Crippen LogP contribution in [0.15, 0.2) is 48.8 Å². The molecule has 0 unspecified atom stereocenters. The number of urea groups is 1. The molecule has 0 aliphatic carbocycles. The first-order valence-electron chi connectivity index (χ1n) is 10.7. The normalized spacial score (nSPS) is 18.2. The van der Waals surface area contributed by atoms with Crippen molar-refractivity contribution in [2.45, 2.75) is 19.4 Å². The van der Waals surface area contributed by atoms with Crippen LogP contribution in [0, 0.1) is 5.92 Å². The second-order valence-corrected chi connectivity index (χ2v) is 7.95. The number of carbonyl (C=O) groups excluding carboxylic acids is 1. The minimum Gasteiger partial charge on any atom is -0.493 e. The van der Waals surface area contributed by atoms with Crippen LogP contribution >= 0.6 is 0 Å². The molecule has 1 aromatic carbocycles. The highest BCUT2D eigenvalue weighted by atomic mass is 16.5. The number of carbonyl (C=O) groups is 1. The van der Waals surface area contributed by atoms with Crippen LogP contribution < -0.4 is 10.1 Å². The zero-order valence-corrected chi connectivity index (χ0v) is 17.3. The van der Waals surface area contributed by atoms with Crippen LogP contribution in [0.3, 0.4) is 0 Å². The molecule has 7 heteroatoms. The van der Waals surface area contributed by atoms with E-state index in [1.165, 1.54) is 5.56 Å². The van der Waals surface area contributed by atoms with Gasteiger partial charge >= 0.3 is 6.03 Å². The molecular formula is C23H30N4O3. The summed E-state index contributed by atoms with van der Waals surface area (Å²) in [6.07, 6.45) is 5.52. The largest absolute Gasteiger partial charge is 0.493 e. The number of nitrogens with zero attached hydrogens (tertiary/aromatic N) is 3. The summed E-state index contributed by atoms with van der Waals surface area (Å²) in [5, 5.41) is 2.91.